The number of hydrogen-bond donors (Lipinski definition) is 1. The Bertz CT molecular complexity index is 589. The highest BCUT2D eigenvalue weighted by Crippen LogP contribution is 2.13. The van der Waals surface area contributed by atoms with E-state index in [4.69, 9.17) is 4.74 Å². The molecule has 0 aliphatic carbocycles. The van der Waals surface area contributed by atoms with Crippen LogP contribution in [0.25, 0.3) is 0 Å². The Morgan fingerprint density at radius 3 is 2.35 bits per heavy atom. The van der Waals surface area contributed by atoms with E-state index < -0.39 is 6.10 Å². The highest BCUT2D eigenvalue weighted by atomic mass is 19.1. The second-order valence-corrected chi connectivity index (χ2v) is 5.89. The summed E-state index contributed by atoms with van der Waals surface area (Å²) in [4.78, 5) is 2.04. The van der Waals surface area contributed by atoms with Crippen LogP contribution >= 0.6 is 0 Å². The molecule has 0 saturated heterocycles. The maximum absolute atomic E-state index is 13.8. The third-order valence-corrected chi connectivity index (χ3v) is 3.69. The van der Waals surface area contributed by atoms with Crippen molar-refractivity contribution in [2.75, 3.05) is 13.2 Å². The van der Waals surface area contributed by atoms with Crippen LogP contribution in [0.1, 0.15) is 19.4 Å². The zero-order valence-corrected chi connectivity index (χ0v) is 13.7. The zero-order valence-electron chi connectivity index (χ0n) is 13.7. The molecule has 4 heteroatoms. The summed E-state index contributed by atoms with van der Waals surface area (Å²) in [6.07, 6.45) is -0.635. The first-order chi connectivity index (χ1) is 11.1. The molecule has 1 N–H and O–H groups in total. The predicted octanol–water partition coefficient (Wildman–Crippen LogP) is 3.48. The topological polar surface area (TPSA) is 32.7 Å². The van der Waals surface area contributed by atoms with Gasteiger partial charge in [0.05, 0.1) is 0 Å². The molecule has 2 rings (SSSR count). The number of nitrogens with zero attached hydrogens (tertiary/aromatic N) is 1. The molecule has 1 unspecified atom stereocenters. The maximum atomic E-state index is 13.8. The van der Waals surface area contributed by atoms with Crippen molar-refractivity contribution < 1.29 is 14.2 Å². The number of benzene rings is 2. The van der Waals surface area contributed by atoms with Crippen molar-refractivity contribution in [2.24, 2.45) is 0 Å². The van der Waals surface area contributed by atoms with E-state index in [-0.39, 0.29) is 18.5 Å². The molecule has 124 valence electrons. The number of aliphatic hydroxyl groups excluding tert-OH is 1. The van der Waals surface area contributed by atoms with Crippen molar-refractivity contribution in [2.45, 2.75) is 32.5 Å². The molecular formula is C19H24FNO2. The molecule has 0 radical (unpaired) electrons. The van der Waals surface area contributed by atoms with Crippen LogP contribution < -0.4 is 4.74 Å². The van der Waals surface area contributed by atoms with Crippen molar-refractivity contribution in [3.05, 3.63) is 66.0 Å². The van der Waals surface area contributed by atoms with Crippen molar-refractivity contribution in [3.8, 4) is 5.75 Å². The van der Waals surface area contributed by atoms with Gasteiger partial charge in [0.2, 0.25) is 0 Å². The number of ether oxygens (including phenoxy) is 1. The third-order valence-electron chi connectivity index (χ3n) is 3.69. The fourth-order valence-corrected chi connectivity index (χ4v) is 2.34. The van der Waals surface area contributed by atoms with Gasteiger partial charge in [-0.15, -0.1) is 0 Å². The first-order valence-electron chi connectivity index (χ1n) is 7.89. The number of aliphatic hydroxyl groups is 1. The summed E-state index contributed by atoms with van der Waals surface area (Å²) < 4.78 is 19.4. The minimum absolute atomic E-state index is 0.195. The Labute approximate surface area is 137 Å². The van der Waals surface area contributed by atoms with Gasteiger partial charge in [0.25, 0.3) is 0 Å². The Balaban J connectivity index is 1.90. The summed E-state index contributed by atoms with van der Waals surface area (Å²) in [5.41, 5.74) is 0.636. The Morgan fingerprint density at radius 2 is 1.70 bits per heavy atom. The molecule has 0 aliphatic heterocycles. The second kappa shape index (κ2) is 8.65. The molecule has 3 nitrogen and oxygen atoms in total. The molecule has 0 spiro atoms. The van der Waals surface area contributed by atoms with E-state index in [1.807, 2.05) is 55.1 Å². The van der Waals surface area contributed by atoms with E-state index in [0.717, 1.165) is 5.75 Å². The molecule has 0 aliphatic rings. The normalized spacial score (nSPS) is 12.6. The molecule has 0 bridgehead atoms. The van der Waals surface area contributed by atoms with Gasteiger partial charge in [0, 0.05) is 24.7 Å². The number of halogens is 1. The third kappa shape index (κ3) is 5.66. The van der Waals surface area contributed by atoms with Crippen LogP contribution in [0.3, 0.4) is 0 Å². The fourth-order valence-electron chi connectivity index (χ4n) is 2.34. The lowest BCUT2D eigenvalue weighted by Gasteiger charge is -2.29. The molecule has 0 heterocycles. The van der Waals surface area contributed by atoms with Gasteiger partial charge in [-0.25, -0.2) is 4.39 Å². The summed E-state index contributed by atoms with van der Waals surface area (Å²) in [6.45, 7) is 5.17. The summed E-state index contributed by atoms with van der Waals surface area (Å²) >= 11 is 0. The fraction of sp³-hybridized carbons (Fsp3) is 0.368. The van der Waals surface area contributed by atoms with Crippen molar-refractivity contribution in [3.63, 3.8) is 0 Å². The van der Waals surface area contributed by atoms with Gasteiger partial charge in [-0.3, -0.25) is 4.90 Å². The largest absolute Gasteiger partial charge is 0.491 e. The summed E-state index contributed by atoms with van der Waals surface area (Å²) in [7, 11) is 0. The lowest BCUT2D eigenvalue weighted by molar-refractivity contribution is 0.0539. The first kappa shape index (κ1) is 17.4. The van der Waals surface area contributed by atoms with E-state index in [1.165, 1.54) is 6.07 Å². The van der Waals surface area contributed by atoms with Crippen LogP contribution in [0.5, 0.6) is 5.75 Å². The van der Waals surface area contributed by atoms with E-state index in [1.54, 1.807) is 12.1 Å². The minimum Gasteiger partial charge on any atom is -0.491 e. The van der Waals surface area contributed by atoms with Gasteiger partial charge >= 0.3 is 0 Å². The smallest absolute Gasteiger partial charge is 0.127 e. The van der Waals surface area contributed by atoms with Crippen LogP contribution in [0.2, 0.25) is 0 Å². The molecule has 0 fully saturated rings. The van der Waals surface area contributed by atoms with Gasteiger partial charge in [0.15, 0.2) is 0 Å². The molecule has 0 aromatic heterocycles. The summed E-state index contributed by atoms with van der Waals surface area (Å²) in [5, 5.41) is 10.2. The number of rotatable bonds is 8. The van der Waals surface area contributed by atoms with E-state index in [9.17, 15) is 9.50 Å². The standard InChI is InChI=1S/C19H24FNO2/c1-15(2)21(12-16-8-6-7-11-19(16)20)13-17(22)14-23-18-9-4-3-5-10-18/h3-11,15,17,22H,12-14H2,1-2H3. The SMILES string of the molecule is CC(C)N(Cc1ccccc1F)CC(O)COc1ccccc1. The van der Waals surface area contributed by atoms with E-state index >= 15 is 0 Å². The molecular weight excluding hydrogens is 293 g/mol. The zero-order chi connectivity index (χ0) is 16.7. The summed E-state index contributed by atoms with van der Waals surface area (Å²) in [5.74, 6) is 0.518. The predicted molar refractivity (Wildman–Crippen MR) is 89.9 cm³/mol. The van der Waals surface area contributed by atoms with Gasteiger partial charge in [-0.1, -0.05) is 36.4 Å². The Morgan fingerprint density at radius 1 is 1.04 bits per heavy atom. The molecule has 2 aromatic rings. The highest BCUT2D eigenvalue weighted by molar-refractivity contribution is 5.21. The maximum Gasteiger partial charge on any atom is 0.127 e. The van der Waals surface area contributed by atoms with Gasteiger partial charge in [-0.2, -0.15) is 0 Å². The Kier molecular flexibility index (Phi) is 6.56. The molecule has 23 heavy (non-hydrogen) atoms. The van der Waals surface area contributed by atoms with Gasteiger partial charge in [-0.05, 0) is 32.0 Å². The minimum atomic E-state index is -0.635. The monoisotopic (exact) mass is 317 g/mol. The van der Waals surface area contributed by atoms with Crippen molar-refractivity contribution in [1.82, 2.24) is 4.90 Å². The quantitative estimate of drug-likeness (QED) is 0.809. The molecule has 1 atom stereocenters. The highest BCUT2D eigenvalue weighted by Gasteiger charge is 2.17. The summed E-state index contributed by atoms with van der Waals surface area (Å²) in [6, 6.07) is 16.3. The van der Waals surface area contributed by atoms with E-state index in [2.05, 4.69) is 0 Å². The Hall–Kier alpha value is -1.91. The molecule has 0 amide bonds. The van der Waals surface area contributed by atoms with Gasteiger partial charge in [0.1, 0.15) is 24.3 Å². The van der Waals surface area contributed by atoms with Gasteiger partial charge < -0.3 is 9.84 Å². The van der Waals surface area contributed by atoms with Crippen molar-refractivity contribution in [1.29, 1.82) is 0 Å². The molecule has 2 aromatic carbocycles. The number of hydrogen-bond acceptors (Lipinski definition) is 3. The average Bonchev–Trinajstić information content (AvgIpc) is 2.55. The lowest BCUT2D eigenvalue weighted by Crippen LogP contribution is -2.39. The van der Waals surface area contributed by atoms with Crippen LogP contribution in [0.15, 0.2) is 54.6 Å². The van der Waals surface area contributed by atoms with Crippen LogP contribution in [0.4, 0.5) is 4.39 Å². The van der Waals surface area contributed by atoms with Crippen LogP contribution in [-0.4, -0.2) is 35.3 Å². The molecule has 0 saturated carbocycles. The lowest BCUT2D eigenvalue weighted by atomic mass is 10.1. The van der Waals surface area contributed by atoms with Crippen molar-refractivity contribution >= 4 is 0 Å². The second-order valence-electron chi connectivity index (χ2n) is 5.89. The average molecular weight is 317 g/mol. The van der Waals surface area contributed by atoms with Crippen LogP contribution in [0, 0.1) is 5.82 Å². The van der Waals surface area contributed by atoms with E-state index in [0.29, 0.717) is 18.7 Å². The van der Waals surface area contributed by atoms with Crippen LogP contribution in [-0.2, 0) is 6.54 Å². The number of para-hydroxylation sites is 1. The first-order valence-corrected chi connectivity index (χ1v) is 7.89.